The van der Waals surface area contributed by atoms with Gasteiger partial charge in [0, 0.05) is 0 Å². The van der Waals surface area contributed by atoms with Crippen LogP contribution in [0.2, 0.25) is 0 Å². The zero-order valence-corrected chi connectivity index (χ0v) is 7.50. The highest BCUT2D eigenvalue weighted by Gasteiger charge is 2.41. The number of likely N-dealkylation sites (N-methyl/N-ethyl adjacent to an activating group) is 1. The summed E-state index contributed by atoms with van der Waals surface area (Å²) >= 11 is 0. The van der Waals surface area contributed by atoms with Gasteiger partial charge >= 0.3 is 0 Å². The van der Waals surface area contributed by atoms with Crippen molar-refractivity contribution in [2.75, 3.05) is 13.1 Å². The Morgan fingerprint density at radius 3 is 2.50 bits per heavy atom. The van der Waals surface area contributed by atoms with Crippen molar-refractivity contribution >= 4 is 5.91 Å². The van der Waals surface area contributed by atoms with E-state index in [1.807, 2.05) is 13.8 Å². The van der Waals surface area contributed by atoms with Crippen molar-refractivity contribution < 1.29 is 4.79 Å². The molecule has 2 atom stereocenters. The number of terminal acetylenes is 1. The molecular weight excluding hydrogens is 152 g/mol. The number of β-lactam (4-membered cyclic amide) rings is 1. The van der Waals surface area contributed by atoms with Crippen molar-refractivity contribution in [1.29, 1.82) is 0 Å². The van der Waals surface area contributed by atoms with E-state index in [0.717, 1.165) is 13.1 Å². The smallest absolute Gasteiger partial charge is 0.241 e. The first-order valence-corrected chi connectivity index (χ1v) is 4.25. The van der Waals surface area contributed by atoms with Gasteiger partial charge in [-0.1, -0.05) is 19.8 Å². The highest BCUT2D eigenvalue weighted by atomic mass is 16.2. The minimum atomic E-state index is -0.0926. The van der Waals surface area contributed by atoms with Crippen molar-refractivity contribution in [3.63, 3.8) is 0 Å². The van der Waals surface area contributed by atoms with Gasteiger partial charge in [0.1, 0.15) is 12.1 Å². The zero-order chi connectivity index (χ0) is 9.14. The van der Waals surface area contributed by atoms with Gasteiger partial charge in [0.25, 0.3) is 0 Å². The van der Waals surface area contributed by atoms with Crippen molar-refractivity contribution in [2.24, 2.45) is 0 Å². The zero-order valence-electron chi connectivity index (χ0n) is 7.50. The summed E-state index contributed by atoms with van der Waals surface area (Å²) in [7, 11) is 0. The molecular formula is C9H14N2O. The molecule has 1 aliphatic heterocycles. The SMILES string of the molecule is C#C[C@H]1NC(=O)[C@@H]1N(CC)CC. The Kier molecular flexibility index (Phi) is 2.72. The first-order valence-electron chi connectivity index (χ1n) is 4.25. The molecule has 0 aromatic heterocycles. The van der Waals surface area contributed by atoms with Crippen molar-refractivity contribution in [1.82, 2.24) is 10.2 Å². The van der Waals surface area contributed by atoms with Crippen LogP contribution in [0.4, 0.5) is 0 Å². The maximum atomic E-state index is 11.1. The van der Waals surface area contributed by atoms with Gasteiger partial charge in [-0.25, -0.2) is 0 Å². The van der Waals surface area contributed by atoms with Gasteiger partial charge in [-0.05, 0) is 13.1 Å². The summed E-state index contributed by atoms with van der Waals surface area (Å²) < 4.78 is 0. The standard InChI is InChI=1S/C9H14N2O/c1-4-7-8(9(12)10-7)11(5-2)6-3/h1,7-8H,5-6H2,2-3H3,(H,10,12)/t7-,8-/m1/s1. The summed E-state index contributed by atoms with van der Waals surface area (Å²) in [5.41, 5.74) is 0. The Labute approximate surface area is 73.1 Å². The second-order valence-electron chi connectivity index (χ2n) is 2.82. The van der Waals surface area contributed by atoms with E-state index in [-0.39, 0.29) is 18.0 Å². The summed E-state index contributed by atoms with van der Waals surface area (Å²) in [6.07, 6.45) is 5.24. The monoisotopic (exact) mass is 166 g/mol. The Morgan fingerprint density at radius 2 is 2.17 bits per heavy atom. The molecule has 1 aliphatic rings. The third kappa shape index (κ3) is 1.30. The molecule has 0 bridgehead atoms. The number of nitrogens with one attached hydrogen (secondary N) is 1. The lowest BCUT2D eigenvalue weighted by Crippen LogP contribution is -2.68. The molecule has 0 spiro atoms. The van der Waals surface area contributed by atoms with Crippen LogP contribution in [-0.2, 0) is 4.79 Å². The predicted octanol–water partition coefficient (Wildman–Crippen LogP) is -0.172. The van der Waals surface area contributed by atoms with Gasteiger partial charge in [-0.15, -0.1) is 6.42 Å². The topological polar surface area (TPSA) is 32.3 Å². The van der Waals surface area contributed by atoms with Crippen LogP contribution in [0, 0.1) is 12.3 Å². The van der Waals surface area contributed by atoms with Gasteiger partial charge < -0.3 is 5.32 Å². The van der Waals surface area contributed by atoms with Gasteiger partial charge in [0.15, 0.2) is 0 Å². The molecule has 0 aromatic rings. The van der Waals surface area contributed by atoms with Gasteiger partial charge in [0.2, 0.25) is 5.91 Å². The minimum Gasteiger partial charge on any atom is -0.339 e. The van der Waals surface area contributed by atoms with Gasteiger partial charge in [-0.2, -0.15) is 0 Å². The summed E-state index contributed by atoms with van der Waals surface area (Å²) in [5, 5.41) is 2.67. The van der Waals surface area contributed by atoms with Crippen LogP contribution in [-0.4, -0.2) is 36.0 Å². The van der Waals surface area contributed by atoms with Gasteiger partial charge in [0.05, 0.1) is 0 Å². The maximum Gasteiger partial charge on any atom is 0.241 e. The number of hydrogen-bond acceptors (Lipinski definition) is 2. The second kappa shape index (κ2) is 3.59. The molecule has 1 saturated heterocycles. The maximum absolute atomic E-state index is 11.1. The van der Waals surface area contributed by atoms with E-state index in [4.69, 9.17) is 6.42 Å². The normalized spacial score (nSPS) is 27.7. The van der Waals surface area contributed by atoms with E-state index in [2.05, 4.69) is 16.1 Å². The summed E-state index contributed by atoms with van der Waals surface area (Å²) in [4.78, 5) is 13.2. The molecule has 1 heterocycles. The third-order valence-electron chi connectivity index (χ3n) is 2.27. The Hall–Kier alpha value is -1.01. The number of carbonyl (C=O) groups excluding carboxylic acids is 1. The first kappa shape index (κ1) is 9.08. The Bertz CT molecular complexity index is 215. The highest BCUT2D eigenvalue weighted by molar-refractivity contribution is 5.90. The summed E-state index contributed by atoms with van der Waals surface area (Å²) in [5.74, 6) is 2.61. The fourth-order valence-corrected chi connectivity index (χ4v) is 1.50. The van der Waals surface area contributed by atoms with Gasteiger partial charge in [-0.3, -0.25) is 9.69 Å². The van der Waals surface area contributed by atoms with Crippen molar-refractivity contribution in [3.8, 4) is 12.3 Å². The largest absolute Gasteiger partial charge is 0.339 e. The van der Waals surface area contributed by atoms with E-state index in [1.165, 1.54) is 0 Å². The molecule has 1 rings (SSSR count). The number of carbonyl (C=O) groups is 1. The fourth-order valence-electron chi connectivity index (χ4n) is 1.50. The molecule has 1 fully saturated rings. The van der Waals surface area contributed by atoms with Crippen molar-refractivity contribution in [2.45, 2.75) is 25.9 Å². The molecule has 66 valence electrons. The van der Waals surface area contributed by atoms with Crippen LogP contribution >= 0.6 is 0 Å². The van der Waals surface area contributed by atoms with Crippen LogP contribution < -0.4 is 5.32 Å². The Balaban J connectivity index is 2.60. The number of rotatable bonds is 3. The van der Waals surface area contributed by atoms with Crippen LogP contribution in [0.5, 0.6) is 0 Å². The summed E-state index contributed by atoms with van der Waals surface area (Å²) in [6.45, 7) is 5.80. The molecule has 0 unspecified atom stereocenters. The fraction of sp³-hybridized carbons (Fsp3) is 0.667. The lowest BCUT2D eigenvalue weighted by molar-refractivity contribution is -0.135. The number of amides is 1. The molecule has 1 amide bonds. The first-order chi connectivity index (χ1) is 5.74. The molecule has 3 nitrogen and oxygen atoms in total. The van der Waals surface area contributed by atoms with E-state index < -0.39 is 0 Å². The highest BCUT2D eigenvalue weighted by Crippen LogP contribution is 2.12. The molecule has 12 heavy (non-hydrogen) atoms. The quantitative estimate of drug-likeness (QED) is 0.466. The van der Waals surface area contributed by atoms with Crippen LogP contribution in [0.3, 0.4) is 0 Å². The molecule has 0 aromatic carbocycles. The second-order valence-corrected chi connectivity index (χ2v) is 2.82. The van der Waals surface area contributed by atoms with E-state index in [9.17, 15) is 4.79 Å². The predicted molar refractivity (Wildman–Crippen MR) is 47.5 cm³/mol. The van der Waals surface area contributed by atoms with Crippen LogP contribution in [0.25, 0.3) is 0 Å². The van der Waals surface area contributed by atoms with Crippen LogP contribution in [0.15, 0.2) is 0 Å². The van der Waals surface area contributed by atoms with Crippen LogP contribution in [0.1, 0.15) is 13.8 Å². The Morgan fingerprint density at radius 1 is 1.58 bits per heavy atom. The average Bonchev–Trinajstić information content (AvgIpc) is 2.09. The summed E-state index contributed by atoms with van der Waals surface area (Å²) in [6, 6.07) is -0.178. The molecule has 3 heteroatoms. The third-order valence-corrected chi connectivity index (χ3v) is 2.27. The lowest BCUT2D eigenvalue weighted by atomic mass is 9.98. The molecule has 0 aliphatic carbocycles. The van der Waals surface area contributed by atoms with E-state index in [1.54, 1.807) is 0 Å². The number of nitrogens with zero attached hydrogens (tertiary/aromatic N) is 1. The molecule has 0 saturated carbocycles. The van der Waals surface area contributed by atoms with E-state index >= 15 is 0 Å². The molecule has 1 N–H and O–H groups in total. The molecule has 0 radical (unpaired) electrons. The van der Waals surface area contributed by atoms with Crippen molar-refractivity contribution in [3.05, 3.63) is 0 Å². The minimum absolute atomic E-state index is 0.0571. The lowest BCUT2D eigenvalue weighted by Gasteiger charge is -2.40. The number of hydrogen-bond donors (Lipinski definition) is 1. The van der Waals surface area contributed by atoms with E-state index in [0.29, 0.717) is 0 Å². The average molecular weight is 166 g/mol.